The second-order valence-corrected chi connectivity index (χ2v) is 3.62. The molecular weight excluding hydrogens is 183 g/mol. The van der Waals surface area contributed by atoms with Crippen LogP contribution in [-0.4, -0.2) is 42.4 Å². The molecule has 0 spiro atoms. The Labute approximate surface area is 75.3 Å². The fourth-order valence-corrected chi connectivity index (χ4v) is 1.80. The molecule has 2 nitrogen and oxygen atoms in total. The van der Waals surface area contributed by atoms with E-state index in [0.717, 1.165) is 0 Å². The van der Waals surface area contributed by atoms with Crippen molar-refractivity contribution in [1.29, 1.82) is 0 Å². The third kappa shape index (κ3) is 2.57. The van der Waals surface area contributed by atoms with Gasteiger partial charge in [-0.15, -0.1) is 0 Å². The summed E-state index contributed by atoms with van der Waals surface area (Å²) in [5, 5.41) is 8.79. The minimum Gasteiger partial charge on any atom is -0.396 e. The van der Waals surface area contributed by atoms with Gasteiger partial charge in [-0.25, -0.2) is 0 Å². The van der Waals surface area contributed by atoms with Crippen molar-refractivity contribution in [3.8, 4) is 0 Å². The van der Waals surface area contributed by atoms with E-state index in [1.165, 1.54) is 11.9 Å². The van der Waals surface area contributed by atoms with Gasteiger partial charge in [0.15, 0.2) is 0 Å². The van der Waals surface area contributed by atoms with Crippen LogP contribution >= 0.6 is 0 Å². The van der Waals surface area contributed by atoms with E-state index >= 15 is 0 Å². The van der Waals surface area contributed by atoms with Gasteiger partial charge in [0.25, 0.3) is 0 Å². The van der Waals surface area contributed by atoms with Gasteiger partial charge in [0.1, 0.15) is 6.04 Å². The SMILES string of the molecule is CN1CC(CO)CCC1C(F)(F)F. The zero-order valence-corrected chi connectivity index (χ0v) is 7.51. The Morgan fingerprint density at radius 1 is 1.38 bits per heavy atom. The molecular formula is C8H14F3NO. The van der Waals surface area contributed by atoms with Crippen molar-refractivity contribution in [1.82, 2.24) is 4.90 Å². The smallest absolute Gasteiger partial charge is 0.396 e. The van der Waals surface area contributed by atoms with Crippen LogP contribution in [-0.2, 0) is 0 Å². The predicted octanol–water partition coefficient (Wildman–Crippen LogP) is 1.25. The third-order valence-corrected chi connectivity index (χ3v) is 2.56. The summed E-state index contributed by atoms with van der Waals surface area (Å²) in [5.41, 5.74) is 0. The number of aliphatic hydroxyl groups excluding tert-OH is 1. The monoisotopic (exact) mass is 197 g/mol. The standard InChI is InChI=1S/C8H14F3NO/c1-12-4-6(5-13)2-3-7(12)8(9,10)11/h6-7,13H,2-5H2,1H3. The van der Waals surface area contributed by atoms with E-state index in [4.69, 9.17) is 5.11 Å². The van der Waals surface area contributed by atoms with Gasteiger partial charge >= 0.3 is 6.18 Å². The first-order valence-electron chi connectivity index (χ1n) is 4.33. The Balaban J connectivity index is 2.53. The van der Waals surface area contributed by atoms with Gasteiger partial charge in [-0.05, 0) is 25.8 Å². The van der Waals surface area contributed by atoms with Gasteiger partial charge in [0.2, 0.25) is 0 Å². The first-order valence-corrected chi connectivity index (χ1v) is 4.33. The van der Waals surface area contributed by atoms with Crippen molar-refractivity contribution in [2.75, 3.05) is 20.2 Å². The van der Waals surface area contributed by atoms with Crippen LogP contribution in [0.4, 0.5) is 13.2 Å². The Hall–Kier alpha value is -0.290. The van der Waals surface area contributed by atoms with Crippen molar-refractivity contribution in [2.24, 2.45) is 5.92 Å². The molecule has 1 heterocycles. The second-order valence-electron chi connectivity index (χ2n) is 3.62. The van der Waals surface area contributed by atoms with Gasteiger partial charge in [-0.2, -0.15) is 13.2 Å². The fourth-order valence-electron chi connectivity index (χ4n) is 1.80. The first kappa shape index (κ1) is 10.8. The van der Waals surface area contributed by atoms with Crippen LogP contribution in [0.3, 0.4) is 0 Å². The Morgan fingerprint density at radius 3 is 2.38 bits per heavy atom. The third-order valence-electron chi connectivity index (χ3n) is 2.56. The van der Waals surface area contributed by atoms with E-state index in [2.05, 4.69) is 0 Å². The van der Waals surface area contributed by atoms with Crippen molar-refractivity contribution < 1.29 is 18.3 Å². The van der Waals surface area contributed by atoms with Gasteiger partial charge in [0, 0.05) is 13.2 Å². The lowest BCUT2D eigenvalue weighted by molar-refractivity contribution is -0.191. The van der Waals surface area contributed by atoms with Gasteiger partial charge in [-0.3, -0.25) is 4.90 Å². The van der Waals surface area contributed by atoms with Crippen LogP contribution in [0.15, 0.2) is 0 Å². The molecule has 2 atom stereocenters. The summed E-state index contributed by atoms with van der Waals surface area (Å²) in [7, 11) is 1.46. The van der Waals surface area contributed by atoms with Gasteiger partial charge in [-0.1, -0.05) is 0 Å². The molecule has 1 aliphatic rings. The Kier molecular flexibility index (Phi) is 3.18. The number of hydrogen-bond acceptors (Lipinski definition) is 2. The predicted molar refractivity (Wildman–Crippen MR) is 42.3 cm³/mol. The highest BCUT2D eigenvalue weighted by Crippen LogP contribution is 2.32. The lowest BCUT2D eigenvalue weighted by atomic mass is 9.93. The zero-order valence-electron chi connectivity index (χ0n) is 7.51. The molecule has 1 saturated heterocycles. The summed E-state index contributed by atoms with van der Waals surface area (Å²) in [6.45, 7) is 0.315. The molecule has 1 rings (SSSR count). The maximum atomic E-state index is 12.3. The molecule has 2 unspecified atom stereocenters. The molecule has 1 fully saturated rings. The zero-order chi connectivity index (χ0) is 10.1. The van der Waals surface area contributed by atoms with Crippen LogP contribution in [0.25, 0.3) is 0 Å². The van der Waals surface area contributed by atoms with E-state index < -0.39 is 12.2 Å². The van der Waals surface area contributed by atoms with Crippen molar-refractivity contribution in [3.05, 3.63) is 0 Å². The van der Waals surface area contributed by atoms with Crippen LogP contribution in [0.1, 0.15) is 12.8 Å². The quantitative estimate of drug-likeness (QED) is 0.684. The lowest BCUT2D eigenvalue weighted by Gasteiger charge is -2.37. The van der Waals surface area contributed by atoms with Crippen molar-refractivity contribution >= 4 is 0 Å². The van der Waals surface area contributed by atoms with Crippen LogP contribution in [0, 0.1) is 5.92 Å². The summed E-state index contributed by atoms with van der Waals surface area (Å²) >= 11 is 0. The normalized spacial score (nSPS) is 32.1. The highest BCUT2D eigenvalue weighted by Gasteiger charge is 2.44. The Morgan fingerprint density at radius 2 is 2.00 bits per heavy atom. The van der Waals surface area contributed by atoms with E-state index in [1.54, 1.807) is 0 Å². The number of aliphatic hydroxyl groups is 1. The number of hydrogen-bond donors (Lipinski definition) is 1. The molecule has 0 aromatic carbocycles. The van der Waals surface area contributed by atoms with E-state index in [9.17, 15) is 13.2 Å². The molecule has 5 heteroatoms. The number of halogens is 3. The average Bonchev–Trinajstić information content (AvgIpc) is 2.01. The lowest BCUT2D eigenvalue weighted by Crippen LogP contribution is -2.49. The minimum absolute atomic E-state index is 0.00333. The number of alkyl halides is 3. The molecule has 0 aliphatic carbocycles. The average molecular weight is 197 g/mol. The topological polar surface area (TPSA) is 23.5 Å². The second kappa shape index (κ2) is 3.84. The van der Waals surface area contributed by atoms with Gasteiger partial charge in [0.05, 0.1) is 0 Å². The molecule has 0 saturated carbocycles. The molecule has 0 aromatic heterocycles. The molecule has 1 aliphatic heterocycles. The molecule has 0 bridgehead atoms. The number of nitrogens with zero attached hydrogens (tertiary/aromatic N) is 1. The van der Waals surface area contributed by atoms with Crippen molar-refractivity contribution in [3.63, 3.8) is 0 Å². The summed E-state index contributed by atoms with van der Waals surface area (Å²) in [5.74, 6) is 0.00333. The maximum Gasteiger partial charge on any atom is 0.404 e. The van der Waals surface area contributed by atoms with Crippen molar-refractivity contribution in [2.45, 2.75) is 25.1 Å². The summed E-state index contributed by atoms with van der Waals surface area (Å²) < 4.78 is 37.0. The summed E-state index contributed by atoms with van der Waals surface area (Å²) in [4.78, 5) is 1.28. The first-order chi connectivity index (χ1) is 5.95. The number of piperidine rings is 1. The molecule has 13 heavy (non-hydrogen) atoms. The van der Waals surface area contributed by atoms with Gasteiger partial charge < -0.3 is 5.11 Å². The molecule has 78 valence electrons. The highest BCUT2D eigenvalue weighted by molar-refractivity contribution is 4.83. The van der Waals surface area contributed by atoms with Crippen LogP contribution < -0.4 is 0 Å². The summed E-state index contributed by atoms with van der Waals surface area (Å²) in [6.07, 6.45) is -3.56. The minimum atomic E-state index is -4.13. The van der Waals surface area contributed by atoms with Crippen LogP contribution in [0.5, 0.6) is 0 Å². The largest absolute Gasteiger partial charge is 0.404 e. The fraction of sp³-hybridized carbons (Fsp3) is 1.00. The van der Waals surface area contributed by atoms with E-state index in [-0.39, 0.29) is 18.9 Å². The molecule has 0 aromatic rings. The number of likely N-dealkylation sites (tertiary alicyclic amines) is 1. The maximum absolute atomic E-state index is 12.3. The molecule has 0 amide bonds. The molecule has 0 radical (unpaired) electrons. The van der Waals surface area contributed by atoms with E-state index in [1.807, 2.05) is 0 Å². The highest BCUT2D eigenvalue weighted by atomic mass is 19.4. The summed E-state index contributed by atoms with van der Waals surface area (Å²) in [6, 6.07) is -1.32. The number of rotatable bonds is 1. The van der Waals surface area contributed by atoms with Crippen LogP contribution in [0.2, 0.25) is 0 Å². The van der Waals surface area contributed by atoms with E-state index in [0.29, 0.717) is 13.0 Å². The molecule has 1 N–H and O–H groups in total. The Bertz CT molecular complexity index is 171.